The standard InChI is InChI=1S/C20H27N3O3/c1-2-7-17(10-6-11-19(26-21)20(24)25)18(23-13-12-22-15-23)14-16-8-4-3-5-9-16/h3-5,8-10,12-13,15,18-19H,2,6-7,11,14,21H2,1H3,(H,24,25). The molecule has 0 aliphatic carbocycles. The molecule has 1 aromatic heterocycles. The van der Waals surface area contributed by atoms with Gasteiger partial charge in [-0.15, -0.1) is 0 Å². The van der Waals surface area contributed by atoms with Crippen LogP contribution >= 0.6 is 0 Å². The summed E-state index contributed by atoms with van der Waals surface area (Å²) in [4.78, 5) is 19.8. The third-order valence-corrected chi connectivity index (χ3v) is 4.40. The maximum atomic E-state index is 11.1. The zero-order valence-corrected chi connectivity index (χ0v) is 15.1. The van der Waals surface area contributed by atoms with Gasteiger partial charge in [-0.2, -0.15) is 0 Å². The minimum atomic E-state index is -1.03. The molecule has 0 aliphatic rings. The number of aromatic nitrogens is 2. The van der Waals surface area contributed by atoms with Crippen LogP contribution in [0.1, 0.15) is 44.2 Å². The number of allylic oxidation sites excluding steroid dienone is 2. The number of rotatable bonds is 11. The summed E-state index contributed by atoms with van der Waals surface area (Å²) in [6.07, 6.45) is 10.5. The van der Waals surface area contributed by atoms with Gasteiger partial charge in [0.2, 0.25) is 0 Å². The number of benzene rings is 1. The Labute approximate surface area is 154 Å². The summed E-state index contributed by atoms with van der Waals surface area (Å²) in [6, 6.07) is 10.5. The van der Waals surface area contributed by atoms with Gasteiger partial charge in [0, 0.05) is 12.4 Å². The van der Waals surface area contributed by atoms with Crippen molar-refractivity contribution in [3.8, 4) is 0 Å². The molecule has 2 unspecified atom stereocenters. The summed E-state index contributed by atoms with van der Waals surface area (Å²) >= 11 is 0. The molecule has 1 aromatic carbocycles. The number of aliphatic carboxylic acids is 1. The Morgan fingerprint density at radius 2 is 2.15 bits per heavy atom. The van der Waals surface area contributed by atoms with Gasteiger partial charge in [-0.05, 0) is 31.2 Å². The van der Waals surface area contributed by atoms with Crippen LogP contribution < -0.4 is 5.90 Å². The molecule has 0 radical (unpaired) electrons. The smallest absolute Gasteiger partial charge is 0.334 e. The molecule has 26 heavy (non-hydrogen) atoms. The van der Waals surface area contributed by atoms with Gasteiger partial charge in [0.15, 0.2) is 6.10 Å². The average Bonchev–Trinajstić information content (AvgIpc) is 3.17. The van der Waals surface area contributed by atoms with Crippen molar-refractivity contribution in [3.63, 3.8) is 0 Å². The lowest BCUT2D eigenvalue weighted by Crippen LogP contribution is -2.26. The molecule has 0 amide bonds. The summed E-state index contributed by atoms with van der Waals surface area (Å²) in [5, 5.41) is 9.06. The van der Waals surface area contributed by atoms with Gasteiger partial charge in [-0.25, -0.2) is 15.7 Å². The zero-order chi connectivity index (χ0) is 18.8. The van der Waals surface area contributed by atoms with Gasteiger partial charge in [0.25, 0.3) is 0 Å². The van der Waals surface area contributed by atoms with Crippen molar-refractivity contribution in [2.75, 3.05) is 0 Å². The van der Waals surface area contributed by atoms with Crippen LogP contribution in [0.3, 0.4) is 0 Å². The van der Waals surface area contributed by atoms with Crippen molar-refractivity contribution >= 4 is 5.97 Å². The highest BCUT2D eigenvalue weighted by Crippen LogP contribution is 2.27. The molecule has 0 spiro atoms. The number of hydrogen-bond donors (Lipinski definition) is 2. The predicted octanol–water partition coefficient (Wildman–Crippen LogP) is 3.52. The Hall–Kier alpha value is -2.44. The fourth-order valence-electron chi connectivity index (χ4n) is 3.08. The first-order chi connectivity index (χ1) is 12.7. The molecule has 6 heteroatoms. The van der Waals surface area contributed by atoms with E-state index in [0.29, 0.717) is 12.8 Å². The van der Waals surface area contributed by atoms with Crippen molar-refractivity contribution in [2.24, 2.45) is 5.90 Å². The topological polar surface area (TPSA) is 90.4 Å². The molecule has 0 bridgehead atoms. The number of nitrogens with zero attached hydrogens (tertiary/aromatic N) is 2. The molecule has 0 fully saturated rings. The Kier molecular flexibility index (Phi) is 8.05. The first-order valence-electron chi connectivity index (χ1n) is 8.94. The highest BCUT2D eigenvalue weighted by molar-refractivity contribution is 5.72. The molecule has 0 aliphatic heterocycles. The SMILES string of the molecule is CCCC(=CCCC(ON)C(=O)O)C(Cc1ccccc1)n1ccnc1. The molecule has 140 valence electrons. The molecule has 3 N–H and O–H groups in total. The molecular formula is C20H27N3O3. The van der Waals surface area contributed by atoms with Crippen LogP contribution in [0.25, 0.3) is 0 Å². The van der Waals surface area contributed by atoms with Crippen LogP contribution in [0.4, 0.5) is 0 Å². The zero-order valence-electron chi connectivity index (χ0n) is 15.1. The largest absolute Gasteiger partial charge is 0.479 e. The lowest BCUT2D eigenvalue weighted by atomic mass is 9.94. The van der Waals surface area contributed by atoms with Crippen molar-refractivity contribution in [3.05, 3.63) is 66.3 Å². The Bertz CT molecular complexity index is 684. The van der Waals surface area contributed by atoms with E-state index in [1.54, 1.807) is 6.20 Å². The van der Waals surface area contributed by atoms with E-state index in [4.69, 9.17) is 11.0 Å². The first kappa shape index (κ1) is 19.9. The number of carboxylic acids is 1. The molecule has 2 aromatic rings. The van der Waals surface area contributed by atoms with Crippen LogP contribution in [0.5, 0.6) is 0 Å². The molecule has 2 rings (SSSR count). The maximum Gasteiger partial charge on any atom is 0.334 e. The number of carbonyl (C=O) groups is 1. The lowest BCUT2D eigenvalue weighted by molar-refractivity contribution is -0.151. The third kappa shape index (κ3) is 5.82. The van der Waals surface area contributed by atoms with E-state index in [1.165, 1.54) is 11.1 Å². The third-order valence-electron chi connectivity index (χ3n) is 4.40. The van der Waals surface area contributed by atoms with E-state index in [0.717, 1.165) is 19.3 Å². The fraction of sp³-hybridized carbons (Fsp3) is 0.400. The second-order valence-corrected chi connectivity index (χ2v) is 6.28. The average molecular weight is 357 g/mol. The van der Waals surface area contributed by atoms with E-state index in [1.807, 2.05) is 30.7 Å². The summed E-state index contributed by atoms with van der Waals surface area (Å²) in [6.45, 7) is 2.14. The number of carboxylic acid groups (broad SMARTS) is 1. The van der Waals surface area contributed by atoms with Gasteiger partial charge >= 0.3 is 5.97 Å². The molecule has 2 atom stereocenters. The van der Waals surface area contributed by atoms with E-state index in [9.17, 15) is 4.79 Å². The number of hydrogen-bond acceptors (Lipinski definition) is 4. The van der Waals surface area contributed by atoms with Gasteiger partial charge in [0.1, 0.15) is 0 Å². The van der Waals surface area contributed by atoms with Crippen LogP contribution in [0.15, 0.2) is 60.7 Å². The Morgan fingerprint density at radius 1 is 1.38 bits per heavy atom. The Morgan fingerprint density at radius 3 is 2.73 bits per heavy atom. The minimum Gasteiger partial charge on any atom is -0.479 e. The molecule has 1 heterocycles. The second kappa shape index (κ2) is 10.5. The molecule has 0 saturated carbocycles. The summed E-state index contributed by atoms with van der Waals surface area (Å²) in [5.41, 5.74) is 2.53. The second-order valence-electron chi connectivity index (χ2n) is 6.28. The van der Waals surface area contributed by atoms with Gasteiger partial charge in [-0.1, -0.05) is 55.3 Å². The fourth-order valence-corrected chi connectivity index (χ4v) is 3.08. The predicted molar refractivity (Wildman–Crippen MR) is 100 cm³/mol. The van der Waals surface area contributed by atoms with Crippen molar-refractivity contribution in [2.45, 2.75) is 51.2 Å². The van der Waals surface area contributed by atoms with Crippen molar-refractivity contribution in [1.82, 2.24) is 9.55 Å². The van der Waals surface area contributed by atoms with Gasteiger partial charge in [-0.3, -0.25) is 4.84 Å². The molecular weight excluding hydrogens is 330 g/mol. The number of imidazole rings is 1. The first-order valence-corrected chi connectivity index (χ1v) is 8.94. The number of nitrogens with two attached hydrogens (primary N) is 1. The van der Waals surface area contributed by atoms with Crippen LogP contribution in [-0.2, 0) is 16.1 Å². The monoisotopic (exact) mass is 357 g/mol. The van der Waals surface area contributed by atoms with E-state index in [2.05, 4.69) is 39.5 Å². The molecule has 6 nitrogen and oxygen atoms in total. The quantitative estimate of drug-likeness (QED) is 0.474. The summed E-state index contributed by atoms with van der Waals surface area (Å²) < 4.78 is 2.11. The van der Waals surface area contributed by atoms with Crippen LogP contribution in [0, 0.1) is 0 Å². The van der Waals surface area contributed by atoms with Crippen molar-refractivity contribution in [1.29, 1.82) is 0 Å². The van der Waals surface area contributed by atoms with Crippen LogP contribution in [0.2, 0.25) is 0 Å². The lowest BCUT2D eigenvalue weighted by Gasteiger charge is -2.23. The Balaban J connectivity index is 2.19. The summed E-state index contributed by atoms with van der Waals surface area (Å²) in [5.74, 6) is 4.04. The normalized spacial score (nSPS) is 14.2. The van der Waals surface area contributed by atoms with Gasteiger partial charge < -0.3 is 9.67 Å². The van der Waals surface area contributed by atoms with E-state index >= 15 is 0 Å². The maximum absolute atomic E-state index is 11.1. The van der Waals surface area contributed by atoms with E-state index < -0.39 is 12.1 Å². The molecule has 0 saturated heterocycles. The van der Waals surface area contributed by atoms with E-state index in [-0.39, 0.29) is 6.04 Å². The summed E-state index contributed by atoms with van der Waals surface area (Å²) in [7, 11) is 0. The van der Waals surface area contributed by atoms with Crippen LogP contribution in [-0.4, -0.2) is 26.7 Å². The van der Waals surface area contributed by atoms with Gasteiger partial charge in [0.05, 0.1) is 12.4 Å². The highest BCUT2D eigenvalue weighted by atomic mass is 16.6. The highest BCUT2D eigenvalue weighted by Gasteiger charge is 2.19. The van der Waals surface area contributed by atoms with Crippen molar-refractivity contribution < 1.29 is 14.7 Å². The minimum absolute atomic E-state index is 0.155.